The lowest BCUT2D eigenvalue weighted by molar-refractivity contribution is 0.288. The Hall–Kier alpha value is -1.23. The zero-order valence-electron chi connectivity index (χ0n) is 11.6. The number of nitrogens with zero attached hydrogens (tertiary/aromatic N) is 2. The Morgan fingerprint density at radius 3 is 2.90 bits per heavy atom. The van der Waals surface area contributed by atoms with Gasteiger partial charge in [0.25, 0.3) is 0 Å². The van der Waals surface area contributed by atoms with E-state index < -0.39 is 0 Å². The number of hydrogen-bond acceptors (Lipinski definition) is 3. The molecule has 1 aliphatic carbocycles. The summed E-state index contributed by atoms with van der Waals surface area (Å²) in [6, 6.07) is 6.14. The van der Waals surface area contributed by atoms with Gasteiger partial charge in [0, 0.05) is 35.6 Å². The van der Waals surface area contributed by atoms with Gasteiger partial charge < -0.3 is 10.1 Å². The van der Waals surface area contributed by atoms with Crippen molar-refractivity contribution < 1.29 is 4.74 Å². The molecule has 0 atom stereocenters. The lowest BCUT2D eigenvalue weighted by Crippen LogP contribution is -2.17. The lowest BCUT2D eigenvalue weighted by Gasteiger charge is -2.14. The molecule has 0 amide bonds. The molecule has 1 aliphatic rings. The van der Waals surface area contributed by atoms with E-state index >= 15 is 0 Å². The van der Waals surface area contributed by atoms with Gasteiger partial charge >= 0.3 is 0 Å². The summed E-state index contributed by atoms with van der Waals surface area (Å²) < 4.78 is 7.68. The fourth-order valence-electron chi connectivity index (χ4n) is 2.12. The van der Waals surface area contributed by atoms with Crippen molar-refractivity contribution in [3.63, 3.8) is 0 Å². The standard InChI is InChI=1S/C15H17Cl2N3O/c16-12-8-11(10-18-13-2-3-13)15(14(17)9-12)21-7-6-20-5-1-4-19-20/h1,4-5,8-9,13,18H,2-3,6-7,10H2. The van der Waals surface area contributed by atoms with E-state index in [2.05, 4.69) is 10.4 Å². The second-order valence-corrected chi connectivity index (χ2v) is 5.99. The van der Waals surface area contributed by atoms with Crippen molar-refractivity contribution in [2.45, 2.75) is 32.0 Å². The van der Waals surface area contributed by atoms with E-state index in [9.17, 15) is 0 Å². The molecule has 21 heavy (non-hydrogen) atoms. The second kappa shape index (κ2) is 6.69. The summed E-state index contributed by atoms with van der Waals surface area (Å²) in [5.41, 5.74) is 1.000. The third-order valence-corrected chi connectivity index (χ3v) is 3.87. The van der Waals surface area contributed by atoms with Crippen LogP contribution in [-0.4, -0.2) is 22.4 Å². The number of rotatable bonds is 7. The summed E-state index contributed by atoms with van der Waals surface area (Å²) >= 11 is 12.4. The van der Waals surface area contributed by atoms with Crippen molar-refractivity contribution in [2.24, 2.45) is 0 Å². The maximum absolute atomic E-state index is 6.27. The third-order valence-electron chi connectivity index (χ3n) is 3.37. The van der Waals surface area contributed by atoms with Gasteiger partial charge in [-0.25, -0.2) is 0 Å². The molecule has 1 N–H and O–H groups in total. The molecule has 4 nitrogen and oxygen atoms in total. The topological polar surface area (TPSA) is 39.1 Å². The summed E-state index contributed by atoms with van der Waals surface area (Å²) in [6.45, 7) is 1.92. The van der Waals surface area contributed by atoms with Crippen LogP contribution in [0.3, 0.4) is 0 Å². The molecule has 0 spiro atoms. The Morgan fingerprint density at radius 1 is 1.33 bits per heavy atom. The summed E-state index contributed by atoms with van der Waals surface area (Å²) in [4.78, 5) is 0. The second-order valence-electron chi connectivity index (χ2n) is 5.15. The van der Waals surface area contributed by atoms with Crippen LogP contribution in [0.15, 0.2) is 30.6 Å². The molecule has 1 fully saturated rings. The first kappa shape index (κ1) is 14.7. The number of hydrogen-bond donors (Lipinski definition) is 1. The Bertz CT molecular complexity index is 597. The SMILES string of the molecule is Clc1cc(Cl)c(OCCn2cccn2)c(CNC2CC2)c1. The molecule has 1 heterocycles. The number of aromatic nitrogens is 2. The average molecular weight is 326 g/mol. The highest BCUT2D eigenvalue weighted by Gasteiger charge is 2.21. The third kappa shape index (κ3) is 4.13. The highest BCUT2D eigenvalue weighted by molar-refractivity contribution is 6.35. The summed E-state index contributed by atoms with van der Waals surface area (Å²) in [5, 5.41) is 8.78. The van der Waals surface area contributed by atoms with Gasteiger partial charge in [-0.2, -0.15) is 5.10 Å². The minimum absolute atomic E-state index is 0.513. The van der Waals surface area contributed by atoms with E-state index in [4.69, 9.17) is 27.9 Å². The van der Waals surface area contributed by atoms with Crippen LogP contribution in [0.1, 0.15) is 18.4 Å². The quantitative estimate of drug-likeness (QED) is 0.846. The van der Waals surface area contributed by atoms with Gasteiger partial charge in [-0.3, -0.25) is 4.68 Å². The Kier molecular flexibility index (Phi) is 4.68. The predicted octanol–water partition coefficient (Wildman–Crippen LogP) is 3.52. The van der Waals surface area contributed by atoms with Gasteiger partial charge in [-0.15, -0.1) is 0 Å². The minimum Gasteiger partial charge on any atom is -0.490 e. The van der Waals surface area contributed by atoms with Crippen LogP contribution in [0.4, 0.5) is 0 Å². The number of nitrogens with one attached hydrogen (secondary N) is 1. The van der Waals surface area contributed by atoms with Crippen LogP contribution >= 0.6 is 23.2 Å². The van der Waals surface area contributed by atoms with E-state index in [1.165, 1.54) is 12.8 Å². The van der Waals surface area contributed by atoms with E-state index in [-0.39, 0.29) is 0 Å². The summed E-state index contributed by atoms with van der Waals surface area (Å²) in [7, 11) is 0. The molecule has 1 aromatic heterocycles. The smallest absolute Gasteiger partial charge is 0.142 e. The molecule has 112 valence electrons. The zero-order chi connectivity index (χ0) is 14.7. The van der Waals surface area contributed by atoms with Gasteiger partial charge in [0.05, 0.1) is 11.6 Å². The molecule has 0 aliphatic heterocycles. The van der Waals surface area contributed by atoms with Crippen molar-refractivity contribution in [2.75, 3.05) is 6.61 Å². The Balaban J connectivity index is 1.65. The molecule has 1 aromatic carbocycles. The maximum atomic E-state index is 6.27. The minimum atomic E-state index is 0.513. The molecular weight excluding hydrogens is 309 g/mol. The highest BCUT2D eigenvalue weighted by Crippen LogP contribution is 2.33. The molecule has 0 radical (unpaired) electrons. The molecule has 0 saturated heterocycles. The molecule has 0 bridgehead atoms. The van der Waals surface area contributed by atoms with Gasteiger partial charge in [-0.05, 0) is 31.0 Å². The molecule has 0 unspecified atom stereocenters. The summed E-state index contributed by atoms with van der Waals surface area (Å²) in [6.07, 6.45) is 6.14. The Morgan fingerprint density at radius 2 is 2.19 bits per heavy atom. The maximum Gasteiger partial charge on any atom is 0.142 e. The van der Waals surface area contributed by atoms with Gasteiger partial charge in [-0.1, -0.05) is 23.2 Å². The van der Waals surface area contributed by atoms with E-state index in [0.717, 1.165) is 12.1 Å². The van der Waals surface area contributed by atoms with E-state index in [0.29, 0.717) is 35.0 Å². The fraction of sp³-hybridized carbons (Fsp3) is 0.400. The van der Waals surface area contributed by atoms with Crippen LogP contribution in [0.2, 0.25) is 10.0 Å². The first-order valence-corrected chi connectivity index (χ1v) is 7.79. The molecule has 6 heteroatoms. The van der Waals surface area contributed by atoms with Crippen LogP contribution in [-0.2, 0) is 13.1 Å². The van der Waals surface area contributed by atoms with Gasteiger partial charge in [0.15, 0.2) is 0 Å². The highest BCUT2D eigenvalue weighted by atomic mass is 35.5. The van der Waals surface area contributed by atoms with Crippen molar-refractivity contribution in [1.82, 2.24) is 15.1 Å². The van der Waals surface area contributed by atoms with Crippen molar-refractivity contribution in [3.8, 4) is 5.75 Å². The normalized spacial score (nSPS) is 14.4. The molecule has 3 rings (SSSR count). The monoisotopic (exact) mass is 325 g/mol. The van der Waals surface area contributed by atoms with Crippen LogP contribution in [0.5, 0.6) is 5.75 Å². The number of ether oxygens (including phenoxy) is 1. The van der Waals surface area contributed by atoms with Gasteiger partial charge in [0.2, 0.25) is 0 Å². The summed E-state index contributed by atoms with van der Waals surface area (Å²) in [5.74, 6) is 0.710. The van der Waals surface area contributed by atoms with E-state index in [1.54, 1.807) is 12.3 Å². The zero-order valence-corrected chi connectivity index (χ0v) is 13.1. The first-order chi connectivity index (χ1) is 10.2. The van der Waals surface area contributed by atoms with Crippen LogP contribution < -0.4 is 10.1 Å². The molecular formula is C15H17Cl2N3O. The molecule has 1 saturated carbocycles. The largest absolute Gasteiger partial charge is 0.490 e. The average Bonchev–Trinajstić information content (AvgIpc) is 3.14. The Labute approximate surface area is 134 Å². The van der Waals surface area contributed by atoms with Crippen LogP contribution in [0.25, 0.3) is 0 Å². The lowest BCUT2D eigenvalue weighted by atomic mass is 10.2. The van der Waals surface area contributed by atoms with Crippen molar-refractivity contribution >= 4 is 23.2 Å². The van der Waals surface area contributed by atoms with Crippen molar-refractivity contribution in [1.29, 1.82) is 0 Å². The number of benzene rings is 1. The fourth-order valence-corrected chi connectivity index (χ4v) is 2.71. The van der Waals surface area contributed by atoms with Gasteiger partial charge in [0.1, 0.15) is 12.4 Å². The van der Waals surface area contributed by atoms with Crippen molar-refractivity contribution in [3.05, 3.63) is 46.2 Å². The first-order valence-electron chi connectivity index (χ1n) is 7.04. The molecule has 2 aromatic rings. The predicted molar refractivity (Wildman–Crippen MR) is 84.0 cm³/mol. The number of halogens is 2. The van der Waals surface area contributed by atoms with Crippen LogP contribution in [0, 0.1) is 0 Å². The van der Waals surface area contributed by atoms with E-state index in [1.807, 2.05) is 23.0 Å².